The quantitative estimate of drug-likeness (QED) is 0.920. The van der Waals surface area contributed by atoms with Gasteiger partial charge in [0.1, 0.15) is 11.4 Å². The Morgan fingerprint density at radius 2 is 2.10 bits per heavy atom. The highest BCUT2D eigenvalue weighted by molar-refractivity contribution is 6.03. The van der Waals surface area contributed by atoms with E-state index in [1.165, 1.54) is 5.56 Å². The number of anilines is 1. The summed E-state index contributed by atoms with van der Waals surface area (Å²) in [6.07, 6.45) is 4.03. The topological polar surface area (TPSA) is 51.2 Å². The standard InChI is InChI=1S/C17H16N2O2/c20-17(15-8-7-11-3-1-4-13(11)18-15)19-14-5-2-6-16-12(14)9-10-21-16/h2,5-8H,1,3-4,9-10H2,(H,19,20). The number of aromatic nitrogens is 1. The number of carbonyl (C=O) groups excluding carboxylic acids is 1. The summed E-state index contributed by atoms with van der Waals surface area (Å²) in [5.41, 5.74) is 4.75. The molecule has 0 spiro atoms. The number of nitrogens with one attached hydrogen (secondary N) is 1. The molecule has 4 nitrogen and oxygen atoms in total. The zero-order chi connectivity index (χ0) is 14.2. The molecule has 0 atom stereocenters. The largest absolute Gasteiger partial charge is 0.493 e. The van der Waals surface area contributed by atoms with Crippen molar-refractivity contribution in [1.82, 2.24) is 4.98 Å². The first-order valence-electron chi connectivity index (χ1n) is 7.36. The van der Waals surface area contributed by atoms with E-state index in [-0.39, 0.29) is 5.91 Å². The number of ether oxygens (including phenoxy) is 1. The lowest BCUT2D eigenvalue weighted by atomic mass is 10.1. The highest BCUT2D eigenvalue weighted by Gasteiger charge is 2.19. The maximum atomic E-state index is 12.4. The van der Waals surface area contributed by atoms with Gasteiger partial charge in [0.15, 0.2) is 0 Å². The molecule has 2 aromatic rings. The number of rotatable bonds is 2. The Hall–Kier alpha value is -2.36. The van der Waals surface area contributed by atoms with Crippen molar-refractivity contribution >= 4 is 11.6 Å². The summed E-state index contributed by atoms with van der Waals surface area (Å²) >= 11 is 0. The lowest BCUT2D eigenvalue weighted by Crippen LogP contribution is -2.15. The SMILES string of the molecule is O=C(Nc1cccc2c1CCO2)c1ccc2c(n1)CCC2. The van der Waals surface area contributed by atoms with Crippen LogP contribution in [0.2, 0.25) is 0 Å². The molecule has 1 amide bonds. The summed E-state index contributed by atoms with van der Waals surface area (Å²) < 4.78 is 5.52. The van der Waals surface area contributed by atoms with Gasteiger partial charge in [-0.3, -0.25) is 4.79 Å². The third kappa shape index (κ3) is 2.17. The fourth-order valence-electron chi connectivity index (χ4n) is 3.07. The van der Waals surface area contributed by atoms with E-state index in [9.17, 15) is 4.79 Å². The fourth-order valence-corrected chi connectivity index (χ4v) is 3.07. The molecule has 0 bridgehead atoms. The van der Waals surface area contributed by atoms with E-state index in [1.807, 2.05) is 30.3 Å². The molecule has 21 heavy (non-hydrogen) atoms. The van der Waals surface area contributed by atoms with Crippen LogP contribution in [-0.4, -0.2) is 17.5 Å². The lowest BCUT2D eigenvalue weighted by Gasteiger charge is -2.09. The van der Waals surface area contributed by atoms with E-state index in [0.29, 0.717) is 12.3 Å². The molecule has 1 aromatic carbocycles. The van der Waals surface area contributed by atoms with Gasteiger partial charge in [0.2, 0.25) is 0 Å². The van der Waals surface area contributed by atoms with E-state index in [0.717, 1.165) is 48.4 Å². The van der Waals surface area contributed by atoms with Crippen LogP contribution in [0.4, 0.5) is 5.69 Å². The van der Waals surface area contributed by atoms with Gasteiger partial charge in [0.05, 0.1) is 6.61 Å². The van der Waals surface area contributed by atoms with Crippen LogP contribution in [0.5, 0.6) is 5.75 Å². The van der Waals surface area contributed by atoms with Gasteiger partial charge in [-0.15, -0.1) is 0 Å². The van der Waals surface area contributed by atoms with Crippen molar-refractivity contribution in [3.8, 4) is 5.75 Å². The van der Waals surface area contributed by atoms with Crippen LogP contribution in [0.25, 0.3) is 0 Å². The van der Waals surface area contributed by atoms with Crippen LogP contribution < -0.4 is 10.1 Å². The van der Waals surface area contributed by atoms with Gasteiger partial charge in [-0.2, -0.15) is 0 Å². The van der Waals surface area contributed by atoms with E-state index >= 15 is 0 Å². The number of pyridine rings is 1. The Bertz CT molecular complexity index is 725. The van der Waals surface area contributed by atoms with Gasteiger partial charge >= 0.3 is 0 Å². The average molecular weight is 280 g/mol. The number of aryl methyl sites for hydroxylation is 2. The summed E-state index contributed by atoms with van der Waals surface area (Å²) in [5, 5.41) is 2.97. The summed E-state index contributed by atoms with van der Waals surface area (Å²) in [4.78, 5) is 16.9. The van der Waals surface area contributed by atoms with E-state index < -0.39 is 0 Å². The van der Waals surface area contributed by atoms with Gasteiger partial charge in [-0.25, -0.2) is 4.98 Å². The predicted molar refractivity (Wildman–Crippen MR) is 79.9 cm³/mol. The number of hydrogen-bond donors (Lipinski definition) is 1. The third-order valence-corrected chi connectivity index (χ3v) is 4.15. The Morgan fingerprint density at radius 1 is 1.14 bits per heavy atom. The molecular weight excluding hydrogens is 264 g/mol. The van der Waals surface area contributed by atoms with Crippen molar-refractivity contribution < 1.29 is 9.53 Å². The van der Waals surface area contributed by atoms with Gasteiger partial charge < -0.3 is 10.1 Å². The minimum Gasteiger partial charge on any atom is -0.493 e. The summed E-state index contributed by atoms with van der Waals surface area (Å²) in [6.45, 7) is 0.680. The molecule has 1 aliphatic heterocycles. The molecule has 106 valence electrons. The highest BCUT2D eigenvalue weighted by Crippen LogP contribution is 2.31. The van der Waals surface area contributed by atoms with Crippen molar-refractivity contribution in [2.45, 2.75) is 25.7 Å². The number of benzene rings is 1. The van der Waals surface area contributed by atoms with E-state index in [1.54, 1.807) is 0 Å². The maximum absolute atomic E-state index is 12.4. The monoisotopic (exact) mass is 280 g/mol. The number of nitrogens with zero attached hydrogens (tertiary/aromatic N) is 1. The third-order valence-electron chi connectivity index (χ3n) is 4.15. The van der Waals surface area contributed by atoms with Gasteiger partial charge in [0, 0.05) is 23.4 Å². The minimum atomic E-state index is -0.148. The van der Waals surface area contributed by atoms with Crippen LogP contribution in [0.1, 0.15) is 33.7 Å². The first-order valence-corrected chi connectivity index (χ1v) is 7.36. The molecule has 0 radical (unpaired) electrons. The predicted octanol–water partition coefficient (Wildman–Crippen LogP) is 2.76. The minimum absolute atomic E-state index is 0.148. The molecule has 2 aliphatic rings. The lowest BCUT2D eigenvalue weighted by molar-refractivity contribution is 0.102. The summed E-state index contributed by atoms with van der Waals surface area (Å²) in [5.74, 6) is 0.722. The summed E-state index contributed by atoms with van der Waals surface area (Å²) in [7, 11) is 0. The first-order chi connectivity index (χ1) is 10.3. The Balaban J connectivity index is 1.60. The molecule has 0 unspecified atom stereocenters. The van der Waals surface area contributed by atoms with E-state index in [4.69, 9.17) is 4.74 Å². The zero-order valence-corrected chi connectivity index (χ0v) is 11.7. The van der Waals surface area contributed by atoms with Crippen LogP contribution in [0, 0.1) is 0 Å². The van der Waals surface area contributed by atoms with Gasteiger partial charge in [0.25, 0.3) is 5.91 Å². The van der Waals surface area contributed by atoms with Crippen LogP contribution >= 0.6 is 0 Å². The molecule has 0 saturated heterocycles. The van der Waals surface area contributed by atoms with Gasteiger partial charge in [-0.05, 0) is 43.0 Å². The van der Waals surface area contributed by atoms with Gasteiger partial charge in [-0.1, -0.05) is 12.1 Å². The molecule has 0 fully saturated rings. The fraction of sp³-hybridized carbons (Fsp3) is 0.294. The van der Waals surface area contributed by atoms with E-state index in [2.05, 4.69) is 10.3 Å². The number of amides is 1. The average Bonchev–Trinajstić information content (AvgIpc) is 3.15. The second kappa shape index (κ2) is 4.88. The second-order valence-corrected chi connectivity index (χ2v) is 5.49. The number of fused-ring (bicyclic) bond motifs is 2. The Labute approximate surface area is 123 Å². The zero-order valence-electron chi connectivity index (χ0n) is 11.7. The molecule has 4 heteroatoms. The van der Waals surface area contributed by atoms with Crippen molar-refractivity contribution in [1.29, 1.82) is 0 Å². The highest BCUT2D eigenvalue weighted by atomic mass is 16.5. The van der Waals surface area contributed by atoms with Crippen LogP contribution in [-0.2, 0) is 19.3 Å². The molecule has 1 aromatic heterocycles. The van der Waals surface area contributed by atoms with Crippen LogP contribution in [0.3, 0.4) is 0 Å². The smallest absolute Gasteiger partial charge is 0.274 e. The molecule has 1 aliphatic carbocycles. The van der Waals surface area contributed by atoms with Crippen LogP contribution in [0.15, 0.2) is 30.3 Å². The van der Waals surface area contributed by atoms with Crippen molar-refractivity contribution in [2.24, 2.45) is 0 Å². The van der Waals surface area contributed by atoms with Crippen molar-refractivity contribution in [3.05, 3.63) is 52.8 Å². The second-order valence-electron chi connectivity index (χ2n) is 5.49. The normalized spacial score (nSPS) is 15.2. The number of carbonyl (C=O) groups is 1. The molecule has 4 rings (SSSR count). The summed E-state index contributed by atoms with van der Waals surface area (Å²) in [6, 6.07) is 9.60. The maximum Gasteiger partial charge on any atom is 0.274 e. The number of hydrogen-bond acceptors (Lipinski definition) is 3. The van der Waals surface area contributed by atoms with Crippen molar-refractivity contribution in [3.63, 3.8) is 0 Å². The molecule has 0 saturated carbocycles. The van der Waals surface area contributed by atoms with Crippen molar-refractivity contribution in [2.75, 3.05) is 11.9 Å². The Morgan fingerprint density at radius 3 is 3.05 bits per heavy atom. The molecule has 1 N–H and O–H groups in total. The molecule has 2 heterocycles. The molecular formula is C17H16N2O2. The Kier molecular flexibility index (Phi) is 2.88. The first kappa shape index (κ1) is 12.4.